The second kappa shape index (κ2) is 7.45. The largest absolute Gasteiger partial charge is 0.381 e. The lowest BCUT2D eigenvalue weighted by Gasteiger charge is -2.34. The SMILES string of the molecule is CCNC(=O)NC(=O)C(C)NCC1(C)CCOCC1. The zero-order chi connectivity index (χ0) is 14.3. The van der Waals surface area contributed by atoms with Gasteiger partial charge >= 0.3 is 6.03 Å². The van der Waals surface area contributed by atoms with Crippen LogP contribution in [-0.2, 0) is 9.53 Å². The third-order valence-corrected chi connectivity index (χ3v) is 3.50. The molecule has 1 fully saturated rings. The number of rotatable bonds is 5. The van der Waals surface area contributed by atoms with Gasteiger partial charge in [-0.15, -0.1) is 0 Å². The van der Waals surface area contributed by atoms with Gasteiger partial charge in [0.25, 0.3) is 0 Å². The molecule has 6 heteroatoms. The molecule has 1 aliphatic heterocycles. The fraction of sp³-hybridized carbons (Fsp3) is 0.846. The molecule has 0 aromatic rings. The molecular weight excluding hydrogens is 246 g/mol. The van der Waals surface area contributed by atoms with Gasteiger partial charge in [-0.1, -0.05) is 6.92 Å². The molecule has 0 aromatic carbocycles. The molecule has 3 amide bonds. The number of carbonyl (C=O) groups is 2. The van der Waals surface area contributed by atoms with E-state index in [0.29, 0.717) is 6.54 Å². The zero-order valence-electron chi connectivity index (χ0n) is 12.0. The Hall–Kier alpha value is -1.14. The number of carbonyl (C=O) groups excluding carboxylic acids is 2. The van der Waals surface area contributed by atoms with E-state index in [1.807, 2.05) is 0 Å². The van der Waals surface area contributed by atoms with Crippen molar-refractivity contribution in [2.24, 2.45) is 5.41 Å². The monoisotopic (exact) mass is 271 g/mol. The van der Waals surface area contributed by atoms with Gasteiger partial charge in [0.2, 0.25) is 5.91 Å². The number of imide groups is 1. The molecule has 1 aliphatic rings. The Kier molecular flexibility index (Phi) is 6.24. The molecular formula is C13H25N3O3. The molecule has 0 aliphatic carbocycles. The van der Waals surface area contributed by atoms with Gasteiger partial charge in [-0.05, 0) is 32.1 Å². The second-order valence-electron chi connectivity index (χ2n) is 5.37. The van der Waals surface area contributed by atoms with Gasteiger partial charge in [0.15, 0.2) is 0 Å². The van der Waals surface area contributed by atoms with Crippen molar-refractivity contribution in [3.05, 3.63) is 0 Å². The fourth-order valence-corrected chi connectivity index (χ4v) is 1.96. The van der Waals surface area contributed by atoms with Crippen LogP contribution < -0.4 is 16.0 Å². The Bertz CT molecular complexity index is 314. The highest BCUT2D eigenvalue weighted by Gasteiger charge is 2.28. The van der Waals surface area contributed by atoms with Crippen LogP contribution in [0.15, 0.2) is 0 Å². The van der Waals surface area contributed by atoms with E-state index in [1.165, 1.54) is 0 Å². The zero-order valence-corrected chi connectivity index (χ0v) is 12.0. The molecule has 1 atom stereocenters. The van der Waals surface area contributed by atoms with E-state index < -0.39 is 6.03 Å². The summed E-state index contributed by atoms with van der Waals surface area (Å²) in [6.07, 6.45) is 1.98. The summed E-state index contributed by atoms with van der Waals surface area (Å²) in [6.45, 7) is 8.56. The Morgan fingerprint density at radius 3 is 2.53 bits per heavy atom. The first-order chi connectivity index (χ1) is 8.97. The molecule has 3 N–H and O–H groups in total. The van der Waals surface area contributed by atoms with Crippen LogP contribution in [0.3, 0.4) is 0 Å². The van der Waals surface area contributed by atoms with E-state index >= 15 is 0 Å². The molecule has 1 rings (SSSR count). The van der Waals surface area contributed by atoms with E-state index in [1.54, 1.807) is 13.8 Å². The fourth-order valence-electron chi connectivity index (χ4n) is 1.96. The summed E-state index contributed by atoms with van der Waals surface area (Å²) in [6, 6.07) is -0.833. The first kappa shape index (κ1) is 15.9. The number of amides is 3. The standard InChI is InChI=1S/C13H25N3O3/c1-4-14-12(18)16-11(17)10(2)15-9-13(3)5-7-19-8-6-13/h10,15H,4-9H2,1-3H3,(H2,14,16,17,18). The number of urea groups is 1. The van der Waals surface area contributed by atoms with Crippen LogP contribution in [0, 0.1) is 5.41 Å². The van der Waals surface area contributed by atoms with Crippen LogP contribution in [0.5, 0.6) is 0 Å². The van der Waals surface area contributed by atoms with E-state index in [4.69, 9.17) is 4.74 Å². The van der Waals surface area contributed by atoms with Crippen molar-refractivity contribution in [2.45, 2.75) is 39.7 Å². The third-order valence-electron chi connectivity index (χ3n) is 3.50. The summed E-state index contributed by atoms with van der Waals surface area (Å²) in [4.78, 5) is 23.0. The summed E-state index contributed by atoms with van der Waals surface area (Å²) in [5.74, 6) is -0.304. The van der Waals surface area contributed by atoms with Gasteiger partial charge in [-0.3, -0.25) is 10.1 Å². The minimum atomic E-state index is -0.446. The summed E-state index contributed by atoms with van der Waals surface area (Å²) in [5, 5.41) is 8.03. The summed E-state index contributed by atoms with van der Waals surface area (Å²) < 4.78 is 5.34. The number of ether oxygens (including phenoxy) is 1. The molecule has 0 radical (unpaired) electrons. The van der Waals surface area contributed by atoms with Crippen molar-refractivity contribution in [1.82, 2.24) is 16.0 Å². The predicted octanol–water partition coefficient (Wildman–Crippen LogP) is 0.627. The molecule has 0 bridgehead atoms. The number of nitrogens with one attached hydrogen (secondary N) is 3. The molecule has 1 unspecified atom stereocenters. The molecule has 0 saturated carbocycles. The molecule has 19 heavy (non-hydrogen) atoms. The van der Waals surface area contributed by atoms with Crippen molar-refractivity contribution < 1.29 is 14.3 Å². The second-order valence-corrected chi connectivity index (χ2v) is 5.37. The lowest BCUT2D eigenvalue weighted by molar-refractivity contribution is -0.121. The summed E-state index contributed by atoms with van der Waals surface area (Å²) in [7, 11) is 0. The average molecular weight is 271 g/mol. The predicted molar refractivity (Wildman–Crippen MR) is 72.8 cm³/mol. The van der Waals surface area contributed by atoms with E-state index in [-0.39, 0.29) is 17.4 Å². The van der Waals surface area contributed by atoms with Gasteiger partial charge in [0.1, 0.15) is 0 Å². The Morgan fingerprint density at radius 1 is 1.32 bits per heavy atom. The number of hydrogen-bond donors (Lipinski definition) is 3. The lowest BCUT2D eigenvalue weighted by Crippen LogP contribution is -2.50. The van der Waals surface area contributed by atoms with E-state index in [9.17, 15) is 9.59 Å². The maximum Gasteiger partial charge on any atom is 0.321 e. The Labute approximate surface area is 114 Å². The maximum absolute atomic E-state index is 11.7. The first-order valence-electron chi connectivity index (χ1n) is 6.87. The van der Waals surface area contributed by atoms with Crippen LogP contribution >= 0.6 is 0 Å². The van der Waals surface area contributed by atoms with E-state index in [2.05, 4.69) is 22.9 Å². The Balaban J connectivity index is 2.31. The highest BCUT2D eigenvalue weighted by atomic mass is 16.5. The highest BCUT2D eigenvalue weighted by molar-refractivity contribution is 5.96. The molecule has 6 nitrogen and oxygen atoms in total. The average Bonchev–Trinajstić information content (AvgIpc) is 2.37. The lowest BCUT2D eigenvalue weighted by atomic mass is 9.82. The minimum Gasteiger partial charge on any atom is -0.381 e. The molecule has 0 aromatic heterocycles. The van der Waals surface area contributed by atoms with E-state index in [0.717, 1.165) is 32.6 Å². The normalized spacial score (nSPS) is 19.5. The van der Waals surface area contributed by atoms with Crippen molar-refractivity contribution in [3.8, 4) is 0 Å². The first-order valence-corrected chi connectivity index (χ1v) is 6.87. The maximum atomic E-state index is 11.7. The number of hydrogen-bond acceptors (Lipinski definition) is 4. The van der Waals surface area contributed by atoms with Crippen molar-refractivity contribution in [2.75, 3.05) is 26.3 Å². The van der Waals surface area contributed by atoms with Crippen molar-refractivity contribution in [1.29, 1.82) is 0 Å². The van der Waals surface area contributed by atoms with Gasteiger partial charge in [-0.25, -0.2) is 4.79 Å². The van der Waals surface area contributed by atoms with Crippen molar-refractivity contribution >= 4 is 11.9 Å². The van der Waals surface area contributed by atoms with Gasteiger partial charge in [-0.2, -0.15) is 0 Å². The van der Waals surface area contributed by atoms with Gasteiger partial charge < -0.3 is 15.4 Å². The minimum absolute atomic E-state index is 0.165. The van der Waals surface area contributed by atoms with Crippen LogP contribution in [0.2, 0.25) is 0 Å². The summed E-state index contributed by atoms with van der Waals surface area (Å²) in [5.41, 5.74) is 0.165. The van der Waals surface area contributed by atoms with Crippen molar-refractivity contribution in [3.63, 3.8) is 0 Å². The van der Waals surface area contributed by atoms with Gasteiger partial charge in [0, 0.05) is 26.3 Å². The van der Waals surface area contributed by atoms with Crippen LogP contribution in [-0.4, -0.2) is 44.3 Å². The molecule has 0 spiro atoms. The topological polar surface area (TPSA) is 79.5 Å². The van der Waals surface area contributed by atoms with Crippen LogP contribution in [0.4, 0.5) is 4.79 Å². The quantitative estimate of drug-likeness (QED) is 0.685. The molecule has 110 valence electrons. The van der Waals surface area contributed by atoms with Gasteiger partial charge in [0.05, 0.1) is 6.04 Å². The smallest absolute Gasteiger partial charge is 0.321 e. The molecule has 1 saturated heterocycles. The Morgan fingerprint density at radius 2 is 1.95 bits per heavy atom. The third kappa shape index (κ3) is 5.57. The van der Waals surface area contributed by atoms with Crippen LogP contribution in [0.25, 0.3) is 0 Å². The summed E-state index contributed by atoms with van der Waals surface area (Å²) >= 11 is 0. The highest BCUT2D eigenvalue weighted by Crippen LogP contribution is 2.28. The molecule has 1 heterocycles. The van der Waals surface area contributed by atoms with Crippen LogP contribution in [0.1, 0.15) is 33.6 Å².